The summed E-state index contributed by atoms with van der Waals surface area (Å²) >= 11 is 12.1. The number of hydrogen-bond acceptors (Lipinski definition) is 4. The number of amides is 2. The molecule has 0 aliphatic heterocycles. The second-order valence-electron chi connectivity index (χ2n) is 8.22. The van der Waals surface area contributed by atoms with Crippen molar-refractivity contribution in [3.63, 3.8) is 0 Å². The lowest BCUT2D eigenvalue weighted by atomic mass is 10.1. The molecule has 0 bridgehead atoms. The van der Waals surface area contributed by atoms with Gasteiger partial charge in [0.2, 0.25) is 21.8 Å². The molecule has 10 heteroatoms. The number of sulfonamides is 1. The van der Waals surface area contributed by atoms with Crippen molar-refractivity contribution >= 4 is 50.7 Å². The molecule has 180 valence electrons. The van der Waals surface area contributed by atoms with Gasteiger partial charge in [0.15, 0.2) is 0 Å². The largest absolute Gasteiger partial charge is 0.354 e. The van der Waals surface area contributed by atoms with E-state index in [2.05, 4.69) is 5.32 Å². The van der Waals surface area contributed by atoms with Crippen LogP contribution in [-0.4, -0.2) is 50.5 Å². The minimum Gasteiger partial charge on any atom is -0.354 e. The van der Waals surface area contributed by atoms with Crippen molar-refractivity contribution in [2.45, 2.75) is 33.4 Å². The lowest BCUT2D eigenvalue weighted by Gasteiger charge is -2.31. The number of benzene rings is 2. The van der Waals surface area contributed by atoms with Gasteiger partial charge in [-0.25, -0.2) is 8.42 Å². The summed E-state index contributed by atoms with van der Waals surface area (Å²) in [6.07, 6.45) is 1.02. The summed E-state index contributed by atoms with van der Waals surface area (Å²) in [6, 6.07) is 12.3. The Morgan fingerprint density at radius 3 is 2.15 bits per heavy atom. The molecule has 2 rings (SSSR count). The molecule has 2 aromatic carbocycles. The van der Waals surface area contributed by atoms with E-state index in [0.29, 0.717) is 22.2 Å². The van der Waals surface area contributed by atoms with Gasteiger partial charge in [-0.05, 0) is 48.7 Å². The zero-order chi connectivity index (χ0) is 24.8. The van der Waals surface area contributed by atoms with Crippen molar-refractivity contribution in [1.29, 1.82) is 0 Å². The van der Waals surface area contributed by atoms with E-state index in [1.54, 1.807) is 49.4 Å². The van der Waals surface area contributed by atoms with Crippen LogP contribution in [0, 0.1) is 5.92 Å². The molecule has 0 spiro atoms. The molecular formula is C23H29Cl2N3O4S. The molecule has 33 heavy (non-hydrogen) atoms. The van der Waals surface area contributed by atoms with Gasteiger partial charge >= 0.3 is 0 Å². The quantitative estimate of drug-likeness (QED) is 0.520. The summed E-state index contributed by atoms with van der Waals surface area (Å²) < 4.78 is 26.0. The predicted octanol–water partition coefficient (Wildman–Crippen LogP) is 3.95. The van der Waals surface area contributed by atoms with E-state index in [0.717, 1.165) is 10.6 Å². The molecule has 0 saturated heterocycles. The van der Waals surface area contributed by atoms with Crippen LogP contribution in [0.1, 0.15) is 26.3 Å². The average Bonchev–Trinajstić information content (AvgIpc) is 2.72. The van der Waals surface area contributed by atoms with E-state index >= 15 is 0 Å². The Bertz CT molecular complexity index is 1090. The van der Waals surface area contributed by atoms with Crippen molar-refractivity contribution < 1.29 is 18.0 Å². The Hall–Kier alpha value is -2.29. The summed E-state index contributed by atoms with van der Waals surface area (Å²) in [5, 5.41) is 3.66. The fourth-order valence-corrected chi connectivity index (χ4v) is 4.35. The van der Waals surface area contributed by atoms with E-state index in [9.17, 15) is 18.0 Å². The molecule has 7 nitrogen and oxygen atoms in total. The standard InChI is InChI=1S/C23H29Cl2N3O4S/c1-16(2)13-26-23(30)17(3)27(14-18-7-5-8-19(24)11-18)22(29)15-28(33(4,31)32)21-10-6-9-20(25)12-21/h5-12,16-17H,13-15H2,1-4H3,(H,26,30)/t17-/m0/s1. The first-order valence-electron chi connectivity index (χ1n) is 10.4. The van der Waals surface area contributed by atoms with Gasteiger partial charge in [0.25, 0.3) is 0 Å². The van der Waals surface area contributed by atoms with Crippen LogP contribution in [0.25, 0.3) is 0 Å². The minimum absolute atomic E-state index is 0.0861. The van der Waals surface area contributed by atoms with Crippen molar-refractivity contribution in [2.75, 3.05) is 23.7 Å². The minimum atomic E-state index is -3.80. The average molecular weight is 514 g/mol. The Kier molecular flexibility index (Phi) is 9.57. The highest BCUT2D eigenvalue weighted by Crippen LogP contribution is 2.23. The Labute approximate surface area is 205 Å². The van der Waals surface area contributed by atoms with Gasteiger partial charge in [0.05, 0.1) is 11.9 Å². The summed E-state index contributed by atoms with van der Waals surface area (Å²) in [5.41, 5.74) is 0.978. The lowest BCUT2D eigenvalue weighted by Crippen LogP contribution is -2.51. The number of carbonyl (C=O) groups excluding carboxylic acids is 2. The molecule has 0 unspecified atom stereocenters. The van der Waals surface area contributed by atoms with E-state index in [4.69, 9.17) is 23.2 Å². The third-order valence-electron chi connectivity index (χ3n) is 4.87. The summed E-state index contributed by atoms with van der Waals surface area (Å²) in [4.78, 5) is 27.5. The SMILES string of the molecule is CC(C)CNC(=O)[C@H](C)N(Cc1cccc(Cl)c1)C(=O)CN(c1cccc(Cl)c1)S(C)(=O)=O. The van der Waals surface area contributed by atoms with Crippen LogP contribution in [0.4, 0.5) is 5.69 Å². The number of hydrogen-bond donors (Lipinski definition) is 1. The van der Waals surface area contributed by atoms with Crippen LogP contribution >= 0.6 is 23.2 Å². The second kappa shape index (κ2) is 11.7. The molecule has 0 aromatic heterocycles. The number of nitrogens with zero attached hydrogens (tertiary/aromatic N) is 2. The maximum absolute atomic E-state index is 13.4. The molecule has 0 saturated carbocycles. The third-order valence-corrected chi connectivity index (χ3v) is 6.48. The molecule has 0 aliphatic rings. The number of nitrogens with one attached hydrogen (secondary N) is 1. The van der Waals surface area contributed by atoms with Crippen LogP contribution in [0.3, 0.4) is 0 Å². The summed E-state index contributed by atoms with van der Waals surface area (Å²) in [6.45, 7) is 5.61. The van der Waals surface area contributed by atoms with Gasteiger partial charge < -0.3 is 10.2 Å². The molecule has 0 heterocycles. The van der Waals surface area contributed by atoms with Crippen molar-refractivity contribution in [2.24, 2.45) is 5.92 Å². The number of anilines is 1. The van der Waals surface area contributed by atoms with E-state index in [1.165, 1.54) is 11.0 Å². The Morgan fingerprint density at radius 1 is 1.00 bits per heavy atom. The van der Waals surface area contributed by atoms with Crippen molar-refractivity contribution in [3.8, 4) is 0 Å². The first kappa shape index (κ1) is 27.0. The topological polar surface area (TPSA) is 86.8 Å². The molecule has 2 amide bonds. The first-order valence-corrected chi connectivity index (χ1v) is 13.0. The van der Waals surface area contributed by atoms with Crippen LogP contribution in [-0.2, 0) is 26.2 Å². The Balaban J connectivity index is 2.36. The number of rotatable bonds is 10. The predicted molar refractivity (Wildman–Crippen MR) is 133 cm³/mol. The highest BCUT2D eigenvalue weighted by Gasteiger charge is 2.30. The van der Waals surface area contributed by atoms with Crippen molar-refractivity contribution in [3.05, 3.63) is 64.1 Å². The molecule has 0 fully saturated rings. The third kappa shape index (κ3) is 8.21. The maximum atomic E-state index is 13.4. The molecule has 1 N–H and O–H groups in total. The second-order valence-corrected chi connectivity index (χ2v) is 11.0. The van der Waals surface area contributed by atoms with Gasteiger partial charge in [0, 0.05) is 23.1 Å². The van der Waals surface area contributed by atoms with Crippen LogP contribution < -0.4 is 9.62 Å². The van der Waals surface area contributed by atoms with Gasteiger partial charge in [0.1, 0.15) is 12.6 Å². The van der Waals surface area contributed by atoms with Crippen LogP contribution in [0.5, 0.6) is 0 Å². The fraction of sp³-hybridized carbons (Fsp3) is 0.391. The normalized spacial score (nSPS) is 12.3. The number of halogens is 2. The lowest BCUT2D eigenvalue weighted by molar-refractivity contribution is -0.139. The van der Waals surface area contributed by atoms with Crippen LogP contribution in [0.2, 0.25) is 10.0 Å². The van der Waals surface area contributed by atoms with Gasteiger partial charge in [-0.2, -0.15) is 0 Å². The molecule has 1 atom stereocenters. The number of carbonyl (C=O) groups is 2. The highest BCUT2D eigenvalue weighted by molar-refractivity contribution is 7.92. The molecular weight excluding hydrogens is 485 g/mol. The van der Waals surface area contributed by atoms with Gasteiger partial charge in [-0.3, -0.25) is 13.9 Å². The molecule has 2 aromatic rings. The van der Waals surface area contributed by atoms with Crippen molar-refractivity contribution in [1.82, 2.24) is 10.2 Å². The van der Waals surface area contributed by atoms with E-state index in [1.807, 2.05) is 13.8 Å². The summed E-state index contributed by atoms with van der Waals surface area (Å²) in [7, 11) is -3.80. The molecule has 0 aliphatic carbocycles. The zero-order valence-electron chi connectivity index (χ0n) is 19.1. The summed E-state index contributed by atoms with van der Waals surface area (Å²) in [5.74, 6) is -0.623. The maximum Gasteiger partial charge on any atom is 0.244 e. The van der Waals surface area contributed by atoms with Crippen LogP contribution in [0.15, 0.2) is 48.5 Å². The zero-order valence-corrected chi connectivity index (χ0v) is 21.4. The fourth-order valence-electron chi connectivity index (χ4n) is 3.11. The first-order chi connectivity index (χ1) is 15.4. The van der Waals surface area contributed by atoms with Gasteiger partial charge in [-0.15, -0.1) is 0 Å². The van der Waals surface area contributed by atoms with E-state index < -0.39 is 28.5 Å². The molecule has 0 radical (unpaired) electrons. The van der Waals surface area contributed by atoms with E-state index in [-0.39, 0.29) is 24.1 Å². The smallest absolute Gasteiger partial charge is 0.244 e. The highest BCUT2D eigenvalue weighted by atomic mass is 35.5. The Morgan fingerprint density at radius 2 is 1.61 bits per heavy atom. The van der Waals surface area contributed by atoms with Gasteiger partial charge in [-0.1, -0.05) is 55.2 Å². The monoisotopic (exact) mass is 513 g/mol.